The summed E-state index contributed by atoms with van der Waals surface area (Å²) in [6.45, 7) is 9.14. The molecule has 0 radical (unpaired) electrons. The lowest BCUT2D eigenvalue weighted by atomic mass is 9.94. The van der Waals surface area contributed by atoms with E-state index in [2.05, 4.69) is 32.7 Å². The number of hydrogen-bond acceptors (Lipinski definition) is 8. The zero-order valence-electron chi connectivity index (χ0n) is 18.0. The van der Waals surface area contributed by atoms with E-state index in [4.69, 9.17) is 11.6 Å². The molecular formula is C20H36N8O2. The summed E-state index contributed by atoms with van der Waals surface area (Å²) < 4.78 is 0. The van der Waals surface area contributed by atoms with Gasteiger partial charge in [0.05, 0.1) is 24.2 Å². The Hall–Kier alpha value is -2.53. The van der Waals surface area contributed by atoms with E-state index in [1.807, 2.05) is 26.2 Å². The fourth-order valence-electron chi connectivity index (χ4n) is 3.51. The molecule has 30 heavy (non-hydrogen) atoms. The maximum absolute atomic E-state index is 11.7. The third kappa shape index (κ3) is 6.77. The number of likely N-dealkylation sites (tertiary alicyclic amines) is 1. The first-order valence-corrected chi connectivity index (χ1v) is 10.3. The van der Waals surface area contributed by atoms with Crippen LogP contribution in [0.4, 0.5) is 4.79 Å². The number of allylic oxidation sites excluding steroid dienone is 2. The molecular weight excluding hydrogens is 384 g/mol. The second kappa shape index (κ2) is 11.6. The lowest BCUT2D eigenvalue weighted by Crippen LogP contribution is -2.43. The van der Waals surface area contributed by atoms with Gasteiger partial charge in [-0.15, -0.1) is 0 Å². The maximum atomic E-state index is 11.7. The van der Waals surface area contributed by atoms with Crippen LogP contribution in [0.5, 0.6) is 0 Å². The Bertz CT molecular complexity index is 716. The van der Waals surface area contributed by atoms with Gasteiger partial charge in [-0.1, -0.05) is 6.58 Å². The summed E-state index contributed by atoms with van der Waals surface area (Å²) in [6, 6.07) is -0.361. The number of nitrogens with one attached hydrogen (secondary N) is 4. The molecule has 1 atom stereocenters. The quantitative estimate of drug-likeness (QED) is 0.186. The molecule has 2 rings (SSSR count). The number of likely N-dealkylation sites (N-methyl/N-ethyl adjacent to an activating group) is 1. The molecule has 168 valence electrons. The Balaban J connectivity index is 2.03. The van der Waals surface area contributed by atoms with E-state index in [1.54, 1.807) is 0 Å². The number of carbonyl (C=O) groups excluding carboxylic acids is 1. The van der Waals surface area contributed by atoms with Crippen molar-refractivity contribution in [1.82, 2.24) is 31.2 Å². The van der Waals surface area contributed by atoms with E-state index in [9.17, 15) is 9.90 Å². The van der Waals surface area contributed by atoms with Crippen molar-refractivity contribution in [2.45, 2.75) is 32.3 Å². The highest BCUT2D eigenvalue weighted by Crippen LogP contribution is 2.28. The SMILES string of the molecule is C=C(NC(=O)NCC)N(N)C1=C(N)C=C(/C(=C/NCN2CCC(O)C2)CNC)CC1. The van der Waals surface area contributed by atoms with Crippen LogP contribution < -0.4 is 32.8 Å². The average Bonchev–Trinajstić information content (AvgIpc) is 3.12. The molecule has 2 aliphatic rings. The maximum Gasteiger partial charge on any atom is 0.320 e. The minimum absolute atomic E-state index is 0.228. The first-order chi connectivity index (χ1) is 14.3. The molecule has 2 amide bonds. The fraction of sp³-hybridized carbons (Fsp3) is 0.550. The van der Waals surface area contributed by atoms with Crippen molar-refractivity contribution in [1.29, 1.82) is 0 Å². The van der Waals surface area contributed by atoms with E-state index < -0.39 is 0 Å². The van der Waals surface area contributed by atoms with Gasteiger partial charge in [0.25, 0.3) is 0 Å². The molecule has 1 saturated heterocycles. The van der Waals surface area contributed by atoms with Crippen LogP contribution in [0.15, 0.2) is 47.2 Å². The Morgan fingerprint density at radius 2 is 2.23 bits per heavy atom. The molecule has 9 N–H and O–H groups in total. The summed E-state index contributed by atoms with van der Waals surface area (Å²) in [5.74, 6) is 6.39. The summed E-state index contributed by atoms with van der Waals surface area (Å²) >= 11 is 0. The summed E-state index contributed by atoms with van der Waals surface area (Å²) in [4.78, 5) is 13.9. The normalized spacial score (nSPS) is 20.1. The second-order valence-electron chi connectivity index (χ2n) is 7.45. The number of aliphatic hydroxyl groups is 1. The van der Waals surface area contributed by atoms with Gasteiger partial charge in [0.1, 0.15) is 5.82 Å². The molecule has 0 bridgehead atoms. The highest BCUT2D eigenvalue weighted by Gasteiger charge is 2.21. The van der Waals surface area contributed by atoms with Crippen LogP contribution in [0.25, 0.3) is 0 Å². The van der Waals surface area contributed by atoms with Crippen molar-refractivity contribution >= 4 is 6.03 Å². The number of hydrogen-bond donors (Lipinski definition) is 7. The largest absolute Gasteiger partial charge is 0.397 e. The highest BCUT2D eigenvalue weighted by molar-refractivity contribution is 5.75. The zero-order chi connectivity index (χ0) is 22.1. The van der Waals surface area contributed by atoms with Gasteiger partial charge < -0.3 is 26.8 Å². The number of nitrogens with zero attached hydrogens (tertiary/aromatic N) is 2. The number of urea groups is 1. The van der Waals surface area contributed by atoms with Crippen LogP contribution in [-0.2, 0) is 0 Å². The third-order valence-corrected chi connectivity index (χ3v) is 5.09. The lowest BCUT2D eigenvalue weighted by molar-refractivity contribution is 0.175. The van der Waals surface area contributed by atoms with Gasteiger partial charge in [0, 0.05) is 32.4 Å². The zero-order valence-corrected chi connectivity index (χ0v) is 18.0. The van der Waals surface area contributed by atoms with Gasteiger partial charge in [-0.25, -0.2) is 10.6 Å². The van der Waals surface area contributed by atoms with E-state index in [0.717, 1.165) is 30.5 Å². The predicted octanol–water partition coefficient (Wildman–Crippen LogP) is -0.440. The van der Waals surface area contributed by atoms with Crippen molar-refractivity contribution < 1.29 is 9.90 Å². The van der Waals surface area contributed by atoms with E-state index in [-0.39, 0.29) is 18.0 Å². The fourth-order valence-corrected chi connectivity index (χ4v) is 3.51. The van der Waals surface area contributed by atoms with Crippen molar-refractivity contribution in [3.8, 4) is 0 Å². The van der Waals surface area contributed by atoms with E-state index in [1.165, 1.54) is 5.01 Å². The van der Waals surface area contributed by atoms with Crippen LogP contribution in [-0.4, -0.2) is 67.0 Å². The molecule has 0 saturated carbocycles. The van der Waals surface area contributed by atoms with Crippen molar-refractivity contribution in [3.05, 3.63) is 47.2 Å². The molecule has 10 heteroatoms. The number of rotatable bonds is 10. The Kier molecular flexibility index (Phi) is 9.18. The molecule has 1 aliphatic carbocycles. The highest BCUT2D eigenvalue weighted by atomic mass is 16.3. The smallest absolute Gasteiger partial charge is 0.320 e. The molecule has 1 heterocycles. The molecule has 1 unspecified atom stereocenters. The summed E-state index contributed by atoms with van der Waals surface area (Å²) in [5.41, 5.74) is 9.77. The molecule has 1 fully saturated rings. The minimum atomic E-state index is -0.361. The van der Waals surface area contributed by atoms with Gasteiger partial charge >= 0.3 is 6.03 Å². The summed E-state index contributed by atoms with van der Waals surface area (Å²) in [7, 11) is 1.90. The average molecular weight is 421 g/mol. The topological polar surface area (TPSA) is 144 Å². The predicted molar refractivity (Wildman–Crippen MR) is 118 cm³/mol. The molecule has 10 nitrogen and oxygen atoms in total. The Morgan fingerprint density at radius 1 is 1.47 bits per heavy atom. The number of β-amino-alcohol motifs (C(OH)–C–C–N with tert-alkyl or cyclic N) is 1. The van der Waals surface area contributed by atoms with Gasteiger partial charge in [-0.3, -0.25) is 15.2 Å². The number of amides is 2. The molecule has 1 aliphatic heterocycles. The molecule has 0 aromatic rings. The number of carbonyl (C=O) groups is 1. The summed E-state index contributed by atoms with van der Waals surface area (Å²) in [6.07, 6.45) is 5.90. The van der Waals surface area contributed by atoms with Gasteiger partial charge in [-0.2, -0.15) is 0 Å². The molecule has 0 aromatic heterocycles. The number of hydrazine groups is 1. The first kappa shape index (κ1) is 23.7. The third-order valence-electron chi connectivity index (χ3n) is 5.09. The van der Waals surface area contributed by atoms with Crippen molar-refractivity contribution in [3.63, 3.8) is 0 Å². The summed E-state index contributed by atoms with van der Waals surface area (Å²) in [5, 5.41) is 22.7. The standard InChI is InChI=1S/C20H36N8O2/c1-4-25-20(30)26-14(2)28(22)19-6-5-15(9-18(19)21)16(10-23-3)11-24-13-27-8-7-17(29)12-27/h9,11,17,23-24,29H,2,4-8,10,12-13,21-22H2,1,3H3,(H2,25,26,30)/b16-11+. The number of nitrogens with two attached hydrogens (primary N) is 2. The Labute approximate surface area is 178 Å². The van der Waals surface area contributed by atoms with Crippen molar-refractivity contribution in [2.75, 3.05) is 39.9 Å². The molecule has 0 spiro atoms. The van der Waals surface area contributed by atoms with E-state index >= 15 is 0 Å². The monoisotopic (exact) mass is 420 g/mol. The van der Waals surface area contributed by atoms with Crippen molar-refractivity contribution in [2.24, 2.45) is 11.6 Å². The van der Waals surface area contributed by atoms with Crippen LogP contribution in [0.2, 0.25) is 0 Å². The van der Waals surface area contributed by atoms with Crippen LogP contribution >= 0.6 is 0 Å². The van der Waals surface area contributed by atoms with Crippen LogP contribution in [0.3, 0.4) is 0 Å². The number of aliphatic hydroxyl groups excluding tert-OH is 1. The first-order valence-electron chi connectivity index (χ1n) is 10.3. The Morgan fingerprint density at radius 3 is 2.83 bits per heavy atom. The lowest BCUT2D eigenvalue weighted by Gasteiger charge is -2.28. The second-order valence-corrected chi connectivity index (χ2v) is 7.45. The van der Waals surface area contributed by atoms with Gasteiger partial charge in [0.15, 0.2) is 0 Å². The van der Waals surface area contributed by atoms with Crippen LogP contribution in [0.1, 0.15) is 26.2 Å². The van der Waals surface area contributed by atoms with Gasteiger partial charge in [0.2, 0.25) is 0 Å². The molecule has 0 aromatic carbocycles. The minimum Gasteiger partial charge on any atom is -0.397 e. The van der Waals surface area contributed by atoms with Crippen LogP contribution in [0, 0.1) is 0 Å². The van der Waals surface area contributed by atoms with E-state index in [0.29, 0.717) is 44.1 Å². The van der Waals surface area contributed by atoms with Gasteiger partial charge in [-0.05, 0) is 50.5 Å².